The molecule has 4 nitrogen and oxygen atoms in total. The highest BCUT2D eigenvalue weighted by molar-refractivity contribution is 5.26. The van der Waals surface area contributed by atoms with E-state index in [-0.39, 0.29) is 11.5 Å². The van der Waals surface area contributed by atoms with Gasteiger partial charge in [0.25, 0.3) is 0 Å². The van der Waals surface area contributed by atoms with E-state index < -0.39 is 0 Å². The van der Waals surface area contributed by atoms with Crippen molar-refractivity contribution in [2.45, 2.75) is 65.5 Å². The van der Waals surface area contributed by atoms with Crippen LogP contribution in [-0.2, 0) is 13.0 Å². The van der Waals surface area contributed by atoms with Crippen molar-refractivity contribution in [3.8, 4) is 6.07 Å². The Morgan fingerprint density at radius 2 is 2.16 bits per heavy atom. The molecule has 0 bridgehead atoms. The molecule has 1 aromatic heterocycles. The average Bonchev–Trinajstić information content (AvgIpc) is 3.08. The van der Waals surface area contributed by atoms with Crippen LogP contribution >= 0.6 is 0 Å². The first-order valence-electron chi connectivity index (χ1n) is 7.17. The maximum absolute atomic E-state index is 8.90. The maximum Gasteiger partial charge on any atom is 0.0629 e. The molecule has 1 aliphatic carbocycles. The van der Waals surface area contributed by atoms with Crippen LogP contribution in [0.5, 0.6) is 0 Å². The molecular weight excluding hydrogens is 236 g/mol. The molecule has 1 aromatic rings. The Hall–Kier alpha value is -1.34. The van der Waals surface area contributed by atoms with Gasteiger partial charge >= 0.3 is 0 Å². The molecule has 0 aliphatic heterocycles. The molecule has 0 spiro atoms. The highest BCUT2D eigenvalue weighted by Gasteiger charge is 2.43. The molecule has 4 heteroatoms. The van der Waals surface area contributed by atoms with E-state index in [1.165, 1.54) is 11.3 Å². The summed E-state index contributed by atoms with van der Waals surface area (Å²) in [4.78, 5) is 0. The Kier molecular flexibility index (Phi) is 3.96. The van der Waals surface area contributed by atoms with Gasteiger partial charge in [0.2, 0.25) is 0 Å². The summed E-state index contributed by atoms with van der Waals surface area (Å²) < 4.78 is 2.09. The first-order chi connectivity index (χ1) is 9.01. The van der Waals surface area contributed by atoms with E-state index >= 15 is 0 Å². The number of nitriles is 1. The van der Waals surface area contributed by atoms with Crippen LogP contribution in [-0.4, -0.2) is 15.8 Å². The van der Waals surface area contributed by atoms with Gasteiger partial charge < -0.3 is 5.73 Å². The Labute approximate surface area is 115 Å². The van der Waals surface area contributed by atoms with Gasteiger partial charge in [-0.3, -0.25) is 4.68 Å². The van der Waals surface area contributed by atoms with Gasteiger partial charge in [-0.15, -0.1) is 0 Å². The van der Waals surface area contributed by atoms with E-state index in [0.29, 0.717) is 6.42 Å². The minimum absolute atomic E-state index is 0.197. The zero-order valence-electron chi connectivity index (χ0n) is 12.2. The van der Waals surface area contributed by atoms with E-state index in [1.807, 2.05) is 0 Å². The molecule has 1 aliphatic rings. The van der Waals surface area contributed by atoms with E-state index in [9.17, 15) is 0 Å². The fraction of sp³-hybridized carbons (Fsp3) is 0.733. The van der Waals surface area contributed by atoms with E-state index in [4.69, 9.17) is 11.0 Å². The van der Waals surface area contributed by atoms with Gasteiger partial charge in [-0.1, -0.05) is 6.92 Å². The SMILES string of the molecule is CCC(N)Cc1c(C)nn(CC2(CC#N)CC2)c1C. The summed E-state index contributed by atoms with van der Waals surface area (Å²) in [6, 6.07) is 2.52. The van der Waals surface area contributed by atoms with Crippen LogP contribution in [0.25, 0.3) is 0 Å². The van der Waals surface area contributed by atoms with Crippen LogP contribution < -0.4 is 5.73 Å². The van der Waals surface area contributed by atoms with E-state index in [2.05, 4.69) is 36.6 Å². The van der Waals surface area contributed by atoms with Crippen molar-refractivity contribution in [3.05, 3.63) is 17.0 Å². The van der Waals surface area contributed by atoms with Crippen LogP contribution in [0.2, 0.25) is 0 Å². The molecular formula is C15H24N4. The van der Waals surface area contributed by atoms with Crippen molar-refractivity contribution < 1.29 is 0 Å². The van der Waals surface area contributed by atoms with Crippen molar-refractivity contribution in [2.75, 3.05) is 0 Å². The van der Waals surface area contributed by atoms with Crippen molar-refractivity contribution in [3.63, 3.8) is 0 Å². The molecule has 1 unspecified atom stereocenters. The number of hydrogen-bond donors (Lipinski definition) is 1. The Balaban J connectivity index is 2.15. The number of nitrogens with two attached hydrogens (primary N) is 1. The van der Waals surface area contributed by atoms with Crippen molar-refractivity contribution in [1.29, 1.82) is 5.26 Å². The van der Waals surface area contributed by atoms with Crippen LogP contribution in [0.4, 0.5) is 0 Å². The van der Waals surface area contributed by atoms with Crippen LogP contribution in [0.1, 0.15) is 49.6 Å². The van der Waals surface area contributed by atoms with Gasteiger partial charge in [-0.25, -0.2) is 0 Å². The lowest BCUT2D eigenvalue weighted by molar-refractivity contribution is 0.397. The number of rotatable bonds is 6. The van der Waals surface area contributed by atoms with Gasteiger partial charge in [0.1, 0.15) is 0 Å². The van der Waals surface area contributed by atoms with Gasteiger partial charge in [0.15, 0.2) is 0 Å². The normalized spacial score (nSPS) is 18.1. The predicted molar refractivity (Wildman–Crippen MR) is 75.6 cm³/mol. The molecule has 0 amide bonds. The first kappa shape index (κ1) is 14.1. The summed E-state index contributed by atoms with van der Waals surface area (Å²) in [5.74, 6) is 0. The zero-order valence-corrected chi connectivity index (χ0v) is 12.2. The summed E-state index contributed by atoms with van der Waals surface area (Å²) in [5, 5.41) is 13.6. The molecule has 1 saturated carbocycles. The van der Waals surface area contributed by atoms with Crippen LogP contribution in [0.3, 0.4) is 0 Å². The van der Waals surface area contributed by atoms with Gasteiger partial charge in [0.05, 0.1) is 11.8 Å². The monoisotopic (exact) mass is 260 g/mol. The number of nitrogens with zero attached hydrogens (tertiary/aromatic N) is 3. The minimum Gasteiger partial charge on any atom is -0.327 e. The minimum atomic E-state index is 0.197. The summed E-state index contributed by atoms with van der Waals surface area (Å²) in [5.41, 5.74) is 9.87. The second kappa shape index (κ2) is 5.34. The molecule has 2 N–H and O–H groups in total. The van der Waals surface area contributed by atoms with Crippen LogP contribution in [0, 0.1) is 30.6 Å². The van der Waals surface area contributed by atoms with E-state index in [0.717, 1.165) is 37.9 Å². The number of aromatic nitrogens is 2. The Morgan fingerprint density at radius 1 is 1.47 bits per heavy atom. The summed E-state index contributed by atoms with van der Waals surface area (Å²) in [7, 11) is 0. The largest absolute Gasteiger partial charge is 0.327 e. The van der Waals surface area contributed by atoms with Gasteiger partial charge in [-0.05, 0) is 45.1 Å². The molecule has 1 fully saturated rings. The predicted octanol–water partition coefficient (Wildman–Crippen LogP) is 2.47. The van der Waals surface area contributed by atoms with Crippen molar-refractivity contribution in [1.82, 2.24) is 9.78 Å². The molecule has 1 heterocycles. The smallest absolute Gasteiger partial charge is 0.0629 e. The lowest BCUT2D eigenvalue weighted by Gasteiger charge is -2.13. The highest BCUT2D eigenvalue weighted by atomic mass is 15.3. The second-order valence-electron chi connectivity index (χ2n) is 6.01. The molecule has 0 aromatic carbocycles. The molecule has 1 atom stereocenters. The third kappa shape index (κ3) is 2.98. The number of hydrogen-bond acceptors (Lipinski definition) is 3. The average molecular weight is 260 g/mol. The number of aryl methyl sites for hydroxylation is 1. The van der Waals surface area contributed by atoms with Crippen molar-refractivity contribution >= 4 is 0 Å². The second-order valence-corrected chi connectivity index (χ2v) is 6.01. The molecule has 0 saturated heterocycles. The lowest BCUT2D eigenvalue weighted by Crippen LogP contribution is -2.22. The summed E-state index contributed by atoms with van der Waals surface area (Å²) in [6.45, 7) is 7.19. The topological polar surface area (TPSA) is 67.6 Å². The molecule has 2 rings (SSSR count). The summed E-state index contributed by atoms with van der Waals surface area (Å²) >= 11 is 0. The molecule has 0 radical (unpaired) electrons. The maximum atomic E-state index is 8.90. The Morgan fingerprint density at radius 3 is 2.68 bits per heavy atom. The first-order valence-corrected chi connectivity index (χ1v) is 7.17. The molecule has 19 heavy (non-hydrogen) atoms. The van der Waals surface area contributed by atoms with Gasteiger partial charge in [0, 0.05) is 30.1 Å². The lowest BCUT2D eigenvalue weighted by atomic mass is 10.0. The van der Waals surface area contributed by atoms with Crippen LogP contribution in [0.15, 0.2) is 0 Å². The molecule has 104 valence electrons. The quantitative estimate of drug-likeness (QED) is 0.854. The highest BCUT2D eigenvalue weighted by Crippen LogP contribution is 2.50. The fourth-order valence-corrected chi connectivity index (χ4v) is 2.64. The third-order valence-corrected chi connectivity index (χ3v) is 4.42. The van der Waals surface area contributed by atoms with E-state index in [1.54, 1.807) is 0 Å². The fourth-order valence-electron chi connectivity index (χ4n) is 2.64. The summed E-state index contributed by atoms with van der Waals surface area (Å²) in [6.07, 6.45) is 4.85. The van der Waals surface area contributed by atoms with Crippen molar-refractivity contribution in [2.24, 2.45) is 11.1 Å². The third-order valence-electron chi connectivity index (χ3n) is 4.42. The Bertz CT molecular complexity index is 491. The zero-order chi connectivity index (χ0) is 14.0. The van der Waals surface area contributed by atoms with Gasteiger partial charge in [-0.2, -0.15) is 10.4 Å². The standard InChI is InChI=1S/C15H24N4/c1-4-13(17)9-14-11(2)18-19(12(14)3)10-15(5-6-15)7-8-16/h13H,4-7,9-10,17H2,1-3H3.